The minimum absolute atomic E-state index is 0.0133. The van der Waals surface area contributed by atoms with E-state index >= 15 is 0 Å². The van der Waals surface area contributed by atoms with Gasteiger partial charge >= 0.3 is 0 Å². The first-order valence-corrected chi connectivity index (χ1v) is 7.15. The third kappa shape index (κ3) is 2.66. The van der Waals surface area contributed by atoms with Gasteiger partial charge < -0.3 is 15.5 Å². The Balaban J connectivity index is 2.14. The predicted octanol–water partition coefficient (Wildman–Crippen LogP) is 2.13. The highest BCUT2D eigenvalue weighted by molar-refractivity contribution is 5.99. The van der Waals surface area contributed by atoms with Crippen LogP contribution in [0, 0.1) is 6.92 Å². The summed E-state index contributed by atoms with van der Waals surface area (Å²) in [5, 5.41) is 0. The van der Waals surface area contributed by atoms with Crippen LogP contribution in [0.5, 0.6) is 0 Å². The molecule has 0 atom stereocenters. The summed E-state index contributed by atoms with van der Waals surface area (Å²) in [7, 11) is 6.06. The van der Waals surface area contributed by atoms with Crippen molar-refractivity contribution in [2.75, 3.05) is 33.4 Å². The Bertz CT molecular complexity index is 506. The summed E-state index contributed by atoms with van der Waals surface area (Å²) < 4.78 is 0. The van der Waals surface area contributed by atoms with Crippen molar-refractivity contribution in [3.63, 3.8) is 0 Å². The number of aryl methyl sites for hydroxylation is 1. The minimum Gasteiger partial charge on any atom is -0.398 e. The van der Waals surface area contributed by atoms with Crippen molar-refractivity contribution in [1.82, 2.24) is 9.80 Å². The molecule has 0 aromatic heterocycles. The van der Waals surface area contributed by atoms with Gasteiger partial charge in [0.1, 0.15) is 0 Å². The standard InChI is InChI=1S/C16H25N3O/c1-12-6-7-14(17)13(10-12)15(20)19(4)11-16(18(2)3)8-5-9-16/h6-7,10H,5,8-9,11,17H2,1-4H3. The number of amides is 1. The summed E-state index contributed by atoms with van der Waals surface area (Å²) in [5.41, 5.74) is 8.31. The van der Waals surface area contributed by atoms with Crippen molar-refractivity contribution in [3.05, 3.63) is 29.3 Å². The van der Waals surface area contributed by atoms with Gasteiger partial charge in [-0.05, 0) is 52.4 Å². The first-order valence-electron chi connectivity index (χ1n) is 7.15. The molecular weight excluding hydrogens is 250 g/mol. The molecule has 2 N–H and O–H groups in total. The van der Waals surface area contributed by atoms with E-state index in [4.69, 9.17) is 5.73 Å². The molecule has 1 aromatic rings. The van der Waals surface area contributed by atoms with Crippen molar-refractivity contribution in [2.24, 2.45) is 0 Å². The molecule has 1 aliphatic carbocycles. The fourth-order valence-electron chi connectivity index (χ4n) is 2.91. The second-order valence-corrected chi connectivity index (χ2v) is 6.22. The molecule has 4 heteroatoms. The number of nitrogen functional groups attached to an aromatic ring is 1. The maximum atomic E-state index is 12.6. The van der Waals surface area contributed by atoms with Crippen LogP contribution in [-0.2, 0) is 0 Å². The lowest BCUT2D eigenvalue weighted by Gasteiger charge is -2.49. The van der Waals surface area contributed by atoms with E-state index < -0.39 is 0 Å². The Kier molecular flexibility index (Phi) is 4.04. The molecule has 0 spiro atoms. The number of nitrogens with zero attached hydrogens (tertiary/aromatic N) is 2. The topological polar surface area (TPSA) is 49.6 Å². The number of hydrogen-bond donors (Lipinski definition) is 1. The van der Waals surface area contributed by atoms with Gasteiger partial charge in [0.25, 0.3) is 5.91 Å². The molecule has 0 unspecified atom stereocenters. The van der Waals surface area contributed by atoms with E-state index in [1.54, 1.807) is 0 Å². The first kappa shape index (κ1) is 14.9. The van der Waals surface area contributed by atoms with Crippen molar-refractivity contribution in [2.45, 2.75) is 31.7 Å². The highest BCUT2D eigenvalue weighted by Crippen LogP contribution is 2.36. The Morgan fingerprint density at radius 3 is 2.45 bits per heavy atom. The van der Waals surface area contributed by atoms with Crippen molar-refractivity contribution < 1.29 is 4.79 Å². The van der Waals surface area contributed by atoms with Crippen molar-refractivity contribution in [3.8, 4) is 0 Å². The number of carbonyl (C=O) groups excluding carboxylic acids is 1. The zero-order chi connectivity index (χ0) is 14.9. The number of nitrogens with two attached hydrogens (primary N) is 1. The lowest BCUT2D eigenvalue weighted by atomic mass is 9.75. The van der Waals surface area contributed by atoms with Crippen LogP contribution in [0.2, 0.25) is 0 Å². The Morgan fingerprint density at radius 1 is 1.30 bits per heavy atom. The summed E-state index contributed by atoms with van der Waals surface area (Å²) in [5.74, 6) is 0.0133. The number of benzene rings is 1. The van der Waals surface area contributed by atoms with E-state index in [1.807, 2.05) is 37.1 Å². The van der Waals surface area contributed by atoms with E-state index in [0.29, 0.717) is 11.3 Å². The van der Waals surface area contributed by atoms with Crippen LogP contribution in [0.25, 0.3) is 0 Å². The molecule has 0 radical (unpaired) electrons. The monoisotopic (exact) mass is 275 g/mol. The Hall–Kier alpha value is -1.55. The van der Waals surface area contributed by atoms with Gasteiger partial charge in [0, 0.05) is 24.8 Å². The zero-order valence-electron chi connectivity index (χ0n) is 12.9. The number of hydrogen-bond acceptors (Lipinski definition) is 3. The van der Waals surface area contributed by atoms with Crippen LogP contribution in [0.1, 0.15) is 35.2 Å². The van der Waals surface area contributed by atoms with Crippen LogP contribution >= 0.6 is 0 Å². The fraction of sp³-hybridized carbons (Fsp3) is 0.562. The highest BCUT2D eigenvalue weighted by atomic mass is 16.2. The number of likely N-dealkylation sites (N-methyl/N-ethyl adjacent to an activating group) is 2. The predicted molar refractivity (Wildman–Crippen MR) is 82.8 cm³/mol. The molecule has 1 amide bonds. The molecule has 1 aliphatic rings. The van der Waals surface area contributed by atoms with Gasteiger partial charge in [-0.15, -0.1) is 0 Å². The van der Waals surface area contributed by atoms with Gasteiger partial charge in [-0.2, -0.15) is 0 Å². The van der Waals surface area contributed by atoms with Crippen LogP contribution in [-0.4, -0.2) is 48.9 Å². The van der Waals surface area contributed by atoms with Gasteiger partial charge in [0.2, 0.25) is 0 Å². The minimum atomic E-state index is 0.0133. The van der Waals surface area contributed by atoms with Gasteiger partial charge in [-0.25, -0.2) is 0 Å². The number of carbonyl (C=O) groups is 1. The molecule has 0 aliphatic heterocycles. The van der Waals surface area contributed by atoms with Gasteiger partial charge in [-0.1, -0.05) is 11.6 Å². The van der Waals surface area contributed by atoms with E-state index in [0.717, 1.165) is 24.9 Å². The quantitative estimate of drug-likeness (QED) is 0.856. The van der Waals surface area contributed by atoms with Gasteiger partial charge in [0.15, 0.2) is 0 Å². The molecule has 4 nitrogen and oxygen atoms in total. The summed E-state index contributed by atoms with van der Waals surface area (Å²) in [6, 6.07) is 5.61. The maximum absolute atomic E-state index is 12.6. The van der Waals surface area contributed by atoms with Crippen LogP contribution in [0.4, 0.5) is 5.69 Å². The molecule has 0 bridgehead atoms. The summed E-state index contributed by atoms with van der Waals surface area (Å²) in [4.78, 5) is 16.6. The largest absolute Gasteiger partial charge is 0.398 e. The molecular formula is C16H25N3O. The summed E-state index contributed by atoms with van der Waals surface area (Å²) in [6.45, 7) is 2.73. The normalized spacial score (nSPS) is 16.9. The molecule has 1 saturated carbocycles. The van der Waals surface area contributed by atoms with E-state index in [-0.39, 0.29) is 11.4 Å². The first-order chi connectivity index (χ1) is 9.35. The smallest absolute Gasteiger partial charge is 0.255 e. The average Bonchev–Trinajstić information content (AvgIpc) is 2.35. The number of anilines is 1. The number of rotatable bonds is 4. The van der Waals surface area contributed by atoms with Crippen LogP contribution < -0.4 is 5.73 Å². The third-order valence-electron chi connectivity index (χ3n) is 4.55. The second kappa shape index (κ2) is 5.44. The van der Waals surface area contributed by atoms with E-state index in [2.05, 4.69) is 19.0 Å². The van der Waals surface area contributed by atoms with Crippen molar-refractivity contribution in [1.29, 1.82) is 0 Å². The van der Waals surface area contributed by atoms with Gasteiger partial charge in [-0.3, -0.25) is 4.79 Å². The van der Waals surface area contributed by atoms with Crippen LogP contribution in [0.15, 0.2) is 18.2 Å². The SMILES string of the molecule is Cc1ccc(N)c(C(=O)N(C)CC2(N(C)C)CCC2)c1. The van der Waals surface area contributed by atoms with E-state index in [9.17, 15) is 4.79 Å². The van der Waals surface area contributed by atoms with Gasteiger partial charge in [0.05, 0.1) is 5.56 Å². The molecule has 20 heavy (non-hydrogen) atoms. The molecule has 2 rings (SSSR count). The summed E-state index contributed by atoms with van der Waals surface area (Å²) in [6.07, 6.45) is 3.55. The Morgan fingerprint density at radius 2 is 1.95 bits per heavy atom. The zero-order valence-corrected chi connectivity index (χ0v) is 12.9. The molecule has 1 fully saturated rings. The fourth-order valence-corrected chi connectivity index (χ4v) is 2.91. The van der Waals surface area contributed by atoms with Crippen molar-refractivity contribution >= 4 is 11.6 Å². The second-order valence-electron chi connectivity index (χ2n) is 6.22. The average molecular weight is 275 g/mol. The lowest BCUT2D eigenvalue weighted by Crippen LogP contribution is -2.57. The Labute approximate surface area is 121 Å². The van der Waals surface area contributed by atoms with Crippen LogP contribution in [0.3, 0.4) is 0 Å². The molecule has 1 aromatic carbocycles. The highest BCUT2D eigenvalue weighted by Gasteiger charge is 2.40. The maximum Gasteiger partial charge on any atom is 0.255 e. The molecule has 0 saturated heterocycles. The molecule has 0 heterocycles. The lowest BCUT2D eigenvalue weighted by molar-refractivity contribution is 0.0253. The third-order valence-corrected chi connectivity index (χ3v) is 4.55. The van der Waals surface area contributed by atoms with E-state index in [1.165, 1.54) is 6.42 Å². The summed E-state index contributed by atoms with van der Waals surface area (Å²) >= 11 is 0. The molecule has 110 valence electrons.